The number of nitrogens with zero attached hydrogens (tertiary/aromatic N) is 2. The molecule has 1 aliphatic carbocycles. The Bertz CT molecular complexity index is 295. The van der Waals surface area contributed by atoms with E-state index in [0.29, 0.717) is 5.01 Å². The van der Waals surface area contributed by atoms with Crippen molar-refractivity contribution in [1.29, 1.82) is 0 Å². The Morgan fingerprint density at radius 2 is 2.50 bits per heavy atom. The minimum absolute atomic E-state index is 0.0942. The van der Waals surface area contributed by atoms with E-state index in [-0.39, 0.29) is 5.91 Å². The van der Waals surface area contributed by atoms with E-state index in [1.165, 1.54) is 30.6 Å². The minimum Gasteiger partial charge on any atom is -0.350 e. The summed E-state index contributed by atoms with van der Waals surface area (Å²) in [5, 5.41) is 10.6. The molecule has 1 aromatic rings. The predicted molar refractivity (Wildman–Crippen MR) is 54.2 cm³/mol. The quantitative estimate of drug-likeness (QED) is 0.750. The number of amides is 1. The van der Waals surface area contributed by atoms with Gasteiger partial charge < -0.3 is 5.32 Å². The van der Waals surface area contributed by atoms with Crippen LogP contribution in [0.4, 0.5) is 0 Å². The van der Waals surface area contributed by atoms with Crippen LogP contribution in [0.15, 0.2) is 5.51 Å². The van der Waals surface area contributed by atoms with Crippen LogP contribution in [0, 0.1) is 5.92 Å². The molecule has 14 heavy (non-hydrogen) atoms. The fraction of sp³-hybridized carbons (Fsp3) is 0.667. The van der Waals surface area contributed by atoms with Crippen LogP contribution in [-0.2, 0) is 0 Å². The van der Waals surface area contributed by atoms with E-state index >= 15 is 0 Å². The summed E-state index contributed by atoms with van der Waals surface area (Å²) < 4.78 is 0. The molecule has 5 heteroatoms. The maximum absolute atomic E-state index is 11.4. The molecule has 1 fully saturated rings. The van der Waals surface area contributed by atoms with E-state index in [9.17, 15) is 4.79 Å². The van der Waals surface area contributed by atoms with Crippen LogP contribution >= 0.6 is 11.3 Å². The van der Waals surface area contributed by atoms with Crippen molar-refractivity contribution in [1.82, 2.24) is 15.5 Å². The lowest BCUT2D eigenvalue weighted by Gasteiger charge is -2.01. The highest BCUT2D eigenvalue weighted by molar-refractivity contribution is 7.11. The third-order valence-electron chi connectivity index (χ3n) is 2.33. The van der Waals surface area contributed by atoms with Gasteiger partial charge in [0.05, 0.1) is 0 Å². The highest BCUT2D eigenvalue weighted by atomic mass is 32.1. The molecule has 0 bridgehead atoms. The SMILES string of the molecule is O=C(NCCCC1CC1)c1nncs1. The molecule has 0 aromatic carbocycles. The van der Waals surface area contributed by atoms with Gasteiger partial charge in [-0.2, -0.15) is 0 Å². The standard InChI is InChI=1S/C9H13N3OS/c13-8(9-12-11-6-14-9)10-5-1-2-7-3-4-7/h6-7H,1-5H2,(H,10,13). The van der Waals surface area contributed by atoms with E-state index in [4.69, 9.17) is 0 Å². The molecule has 1 saturated carbocycles. The van der Waals surface area contributed by atoms with E-state index < -0.39 is 0 Å². The Labute approximate surface area is 86.7 Å². The van der Waals surface area contributed by atoms with Gasteiger partial charge in [-0.3, -0.25) is 4.79 Å². The summed E-state index contributed by atoms with van der Waals surface area (Å²) in [7, 11) is 0. The van der Waals surface area contributed by atoms with E-state index in [2.05, 4.69) is 15.5 Å². The van der Waals surface area contributed by atoms with Crippen molar-refractivity contribution < 1.29 is 4.79 Å². The Hall–Kier alpha value is -0.970. The molecule has 1 heterocycles. The third-order valence-corrected chi connectivity index (χ3v) is 3.02. The highest BCUT2D eigenvalue weighted by Gasteiger charge is 2.20. The molecular formula is C9H13N3OS. The van der Waals surface area contributed by atoms with Crippen molar-refractivity contribution in [2.24, 2.45) is 5.92 Å². The number of carbonyl (C=O) groups excluding carboxylic acids is 1. The molecule has 2 rings (SSSR count). The molecule has 0 radical (unpaired) electrons. The molecular weight excluding hydrogens is 198 g/mol. The second-order valence-corrected chi connectivity index (χ2v) is 4.42. The summed E-state index contributed by atoms with van der Waals surface area (Å²) in [5.41, 5.74) is 1.57. The van der Waals surface area contributed by atoms with Gasteiger partial charge in [-0.1, -0.05) is 24.2 Å². The predicted octanol–water partition coefficient (Wildman–Crippen LogP) is 1.46. The maximum Gasteiger partial charge on any atom is 0.282 e. The first-order chi connectivity index (χ1) is 6.86. The maximum atomic E-state index is 11.4. The van der Waals surface area contributed by atoms with Gasteiger partial charge in [0, 0.05) is 6.54 Å². The first-order valence-corrected chi connectivity index (χ1v) is 5.78. The second kappa shape index (κ2) is 4.50. The first kappa shape index (κ1) is 9.58. The lowest BCUT2D eigenvalue weighted by Crippen LogP contribution is -2.24. The van der Waals surface area contributed by atoms with Crippen molar-refractivity contribution in [3.63, 3.8) is 0 Å². The van der Waals surface area contributed by atoms with Gasteiger partial charge in [0.1, 0.15) is 5.51 Å². The molecule has 0 atom stereocenters. The van der Waals surface area contributed by atoms with Crippen LogP contribution in [0.2, 0.25) is 0 Å². The van der Waals surface area contributed by atoms with Gasteiger partial charge in [0.2, 0.25) is 5.01 Å². The normalized spacial score (nSPS) is 15.4. The summed E-state index contributed by atoms with van der Waals surface area (Å²) in [6.45, 7) is 0.759. The zero-order chi connectivity index (χ0) is 9.80. The zero-order valence-corrected chi connectivity index (χ0v) is 8.72. The van der Waals surface area contributed by atoms with Crippen molar-refractivity contribution in [2.75, 3.05) is 6.54 Å². The molecule has 1 amide bonds. The van der Waals surface area contributed by atoms with Crippen LogP contribution in [0.5, 0.6) is 0 Å². The van der Waals surface area contributed by atoms with Gasteiger partial charge in [0.25, 0.3) is 5.91 Å². The van der Waals surface area contributed by atoms with Crippen molar-refractivity contribution >= 4 is 17.2 Å². The van der Waals surface area contributed by atoms with Gasteiger partial charge >= 0.3 is 0 Å². The molecule has 0 unspecified atom stereocenters. The highest BCUT2D eigenvalue weighted by Crippen LogP contribution is 2.33. The topological polar surface area (TPSA) is 54.9 Å². The molecule has 1 aromatic heterocycles. The van der Waals surface area contributed by atoms with E-state index in [1.54, 1.807) is 5.51 Å². The first-order valence-electron chi connectivity index (χ1n) is 4.90. The van der Waals surface area contributed by atoms with Crippen LogP contribution < -0.4 is 5.32 Å². The van der Waals surface area contributed by atoms with Crippen LogP contribution in [-0.4, -0.2) is 22.6 Å². The Kier molecular flexibility index (Phi) is 3.08. The largest absolute Gasteiger partial charge is 0.350 e. The van der Waals surface area contributed by atoms with Crippen molar-refractivity contribution in [2.45, 2.75) is 25.7 Å². The van der Waals surface area contributed by atoms with Crippen molar-refractivity contribution in [3.05, 3.63) is 10.5 Å². The van der Waals surface area contributed by atoms with Crippen LogP contribution in [0.3, 0.4) is 0 Å². The molecule has 76 valence electrons. The number of aromatic nitrogens is 2. The lowest BCUT2D eigenvalue weighted by atomic mass is 10.2. The summed E-state index contributed by atoms with van der Waals surface area (Å²) in [6.07, 6.45) is 5.08. The molecule has 1 N–H and O–H groups in total. The monoisotopic (exact) mass is 211 g/mol. The third kappa shape index (κ3) is 2.77. The summed E-state index contributed by atoms with van der Waals surface area (Å²) >= 11 is 1.27. The smallest absolute Gasteiger partial charge is 0.282 e. The fourth-order valence-electron chi connectivity index (χ4n) is 1.35. The molecule has 1 aliphatic rings. The van der Waals surface area contributed by atoms with E-state index in [0.717, 1.165) is 18.9 Å². The Morgan fingerprint density at radius 3 is 3.14 bits per heavy atom. The molecule has 4 nitrogen and oxygen atoms in total. The Morgan fingerprint density at radius 1 is 1.64 bits per heavy atom. The number of hydrogen-bond donors (Lipinski definition) is 1. The lowest BCUT2D eigenvalue weighted by molar-refractivity contribution is 0.0951. The average Bonchev–Trinajstić information content (AvgIpc) is 2.84. The summed E-state index contributed by atoms with van der Waals surface area (Å²) in [5.74, 6) is 0.844. The molecule has 0 aliphatic heterocycles. The van der Waals surface area contributed by atoms with Crippen LogP contribution in [0.25, 0.3) is 0 Å². The zero-order valence-electron chi connectivity index (χ0n) is 7.90. The Balaban J connectivity index is 1.62. The van der Waals surface area contributed by atoms with Gasteiger partial charge in [-0.15, -0.1) is 10.2 Å². The fourth-order valence-corrected chi connectivity index (χ4v) is 1.81. The number of nitrogens with one attached hydrogen (secondary N) is 1. The van der Waals surface area contributed by atoms with Gasteiger partial charge in [-0.05, 0) is 18.8 Å². The summed E-state index contributed by atoms with van der Waals surface area (Å²) in [4.78, 5) is 11.4. The van der Waals surface area contributed by atoms with E-state index in [1.807, 2.05) is 0 Å². The average molecular weight is 211 g/mol. The second-order valence-electron chi connectivity index (χ2n) is 3.59. The summed E-state index contributed by atoms with van der Waals surface area (Å²) in [6, 6.07) is 0. The molecule has 0 saturated heterocycles. The number of carbonyl (C=O) groups is 1. The van der Waals surface area contributed by atoms with Gasteiger partial charge in [0.15, 0.2) is 0 Å². The van der Waals surface area contributed by atoms with Crippen molar-refractivity contribution in [3.8, 4) is 0 Å². The van der Waals surface area contributed by atoms with Crippen LogP contribution in [0.1, 0.15) is 35.5 Å². The number of rotatable bonds is 5. The minimum atomic E-state index is -0.0942. The van der Waals surface area contributed by atoms with Gasteiger partial charge in [-0.25, -0.2) is 0 Å². The number of hydrogen-bond acceptors (Lipinski definition) is 4. The molecule has 0 spiro atoms.